The van der Waals surface area contributed by atoms with E-state index in [4.69, 9.17) is 0 Å². The number of amides is 1. The van der Waals surface area contributed by atoms with E-state index in [1.807, 2.05) is 12.1 Å². The van der Waals surface area contributed by atoms with E-state index in [1.54, 1.807) is 48.5 Å². The fraction of sp³-hybridized carbons (Fsp3) is 0.200. The lowest BCUT2D eigenvalue weighted by atomic mass is 9.78. The van der Waals surface area contributed by atoms with E-state index in [9.17, 15) is 29.1 Å². The molecule has 3 aromatic carbocycles. The fourth-order valence-corrected chi connectivity index (χ4v) is 5.23. The van der Waals surface area contributed by atoms with Gasteiger partial charge in [0.15, 0.2) is 5.78 Å². The number of anilines is 2. The van der Waals surface area contributed by atoms with E-state index in [-0.39, 0.29) is 36.8 Å². The normalized spacial score (nSPS) is 18.5. The SMILES string of the molecule is N#Cc1ccc([C@H]2C3=C(C[C@H](c4ccc(F)cc4)CC3=O)Nc3ccccc3N2C(=O)CCC(=O)O)cc1. The van der Waals surface area contributed by atoms with E-state index in [1.165, 1.54) is 17.0 Å². The van der Waals surface area contributed by atoms with Gasteiger partial charge >= 0.3 is 5.97 Å². The largest absolute Gasteiger partial charge is 0.481 e. The summed E-state index contributed by atoms with van der Waals surface area (Å²) in [5.74, 6) is -2.22. The zero-order chi connectivity index (χ0) is 26.8. The third-order valence-electron chi connectivity index (χ3n) is 7.01. The summed E-state index contributed by atoms with van der Waals surface area (Å²) in [4.78, 5) is 40.3. The molecule has 1 heterocycles. The number of carboxylic acid groups (broad SMARTS) is 1. The predicted molar refractivity (Wildman–Crippen MR) is 139 cm³/mol. The van der Waals surface area contributed by atoms with Crippen molar-refractivity contribution in [2.75, 3.05) is 10.2 Å². The Morgan fingerprint density at radius 2 is 1.66 bits per heavy atom. The molecule has 8 heteroatoms. The van der Waals surface area contributed by atoms with Gasteiger partial charge in [0.1, 0.15) is 5.82 Å². The molecule has 0 saturated heterocycles. The molecule has 5 rings (SSSR count). The maximum Gasteiger partial charge on any atom is 0.303 e. The summed E-state index contributed by atoms with van der Waals surface area (Å²) in [6, 6.07) is 21.3. The highest BCUT2D eigenvalue weighted by Gasteiger charge is 2.41. The minimum atomic E-state index is -1.09. The highest BCUT2D eigenvalue weighted by molar-refractivity contribution is 6.06. The molecule has 0 bridgehead atoms. The molecular formula is C30H24FN3O4. The number of benzene rings is 3. The van der Waals surface area contributed by atoms with E-state index in [0.29, 0.717) is 40.2 Å². The molecule has 3 aromatic rings. The van der Waals surface area contributed by atoms with Crippen LogP contribution in [0.2, 0.25) is 0 Å². The zero-order valence-corrected chi connectivity index (χ0v) is 20.4. The zero-order valence-electron chi connectivity index (χ0n) is 20.4. The van der Waals surface area contributed by atoms with Crippen LogP contribution < -0.4 is 10.2 Å². The molecule has 2 atom stereocenters. The number of para-hydroxylation sites is 2. The topological polar surface area (TPSA) is 111 Å². The van der Waals surface area contributed by atoms with Crippen LogP contribution in [0.25, 0.3) is 0 Å². The molecule has 0 fully saturated rings. The van der Waals surface area contributed by atoms with Gasteiger partial charge in [-0.05, 0) is 59.9 Å². The van der Waals surface area contributed by atoms with Crippen LogP contribution in [-0.2, 0) is 14.4 Å². The number of carbonyl (C=O) groups excluding carboxylic acids is 2. The lowest BCUT2D eigenvalue weighted by Crippen LogP contribution is -2.38. The molecule has 190 valence electrons. The molecule has 1 amide bonds. The number of carboxylic acids is 1. The first-order valence-electron chi connectivity index (χ1n) is 12.3. The lowest BCUT2D eigenvalue weighted by molar-refractivity contribution is -0.138. The van der Waals surface area contributed by atoms with Crippen molar-refractivity contribution in [3.8, 4) is 6.07 Å². The average molecular weight is 510 g/mol. The van der Waals surface area contributed by atoms with Crippen molar-refractivity contribution in [2.24, 2.45) is 0 Å². The quantitative estimate of drug-likeness (QED) is 0.472. The monoisotopic (exact) mass is 509 g/mol. The van der Waals surface area contributed by atoms with Gasteiger partial charge in [-0.15, -0.1) is 0 Å². The van der Waals surface area contributed by atoms with E-state index in [2.05, 4.69) is 11.4 Å². The number of fused-ring (bicyclic) bond motifs is 1. The molecular weight excluding hydrogens is 485 g/mol. The second-order valence-corrected chi connectivity index (χ2v) is 9.41. The number of aliphatic carboxylic acids is 1. The molecule has 1 aliphatic heterocycles. The smallest absolute Gasteiger partial charge is 0.303 e. The number of hydrogen-bond donors (Lipinski definition) is 2. The van der Waals surface area contributed by atoms with Gasteiger partial charge in [-0.3, -0.25) is 19.3 Å². The Kier molecular flexibility index (Phi) is 6.75. The Hall–Kier alpha value is -4.77. The molecule has 0 spiro atoms. The molecule has 0 saturated carbocycles. The summed E-state index contributed by atoms with van der Waals surface area (Å²) < 4.78 is 13.6. The molecule has 1 aliphatic carbocycles. The number of nitrogens with one attached hydrogen (secondary N) is 1. The van der Waals surface area contributed by atoms with Crippen molar-refractivity contribution < 1.29 is 23.9 Å². The third kappa shape index (κ3) is 4.78. The van der Waals surface area contributed by atoms with Crippen LogP contribution in [0.4, 0.5) is 15.8 Å². The second-order valence-electron chi connectivity index (χ2n) is 9.41. The first kappa shape index (κ1) is 24.9. The number of halogens is 1. The number of rotatable bonds is 5. The fourth-order valence-electron chi connectivity index (χ4n) is 5.23. The van der Waals surface area contributed by atoms with Crippen LogP contribution in [0.15, 0.2) is 84.1 Å². The Morgan fingerprint density at radius 3 is 2.34 bits per heavy atom. The Labute approximate surface area is 218 Å². The van der Waals surface area contributed by atoms with Crippen molar-refractivity contribution in [1.29, 1.82) is 5.26 Å². The van der Waals surface area contributed by atoms with Crippen molar-refractivity contribution in [2.45, 2.75) is 37.6 Å². The standard InChI is InChI=1S/C30H24FN3O4/c31-22-11-9-19(10-12-22)21-15-24-29(26(35)16-21)30(20-7-5-18(17-32)6-8-20)34(27(36)13-14-28(37)38)25-4-2-1-3-23(25)33-24/h1-12,21,30,33H,13-16H2,(H,37,38)/t21-,30-/m0/s1. The minimum Gasteiger partial charge on any atom is -0.481 e. The van der Waals surface area contributed by atoms with Gasteiger partial charge in [-0.25, -0.2) is 4.39 Å². The number of Topliss-reactive ketones (excluding diaryl/α,β-unsaturated/α-hetero) is 1. The summed E-state index contributed by atoms with van der Waals surface area (Å²) in [5.41, 5.74) is 4.14. The average Bonchev–Trinajstić information content (AvgIpc) is 3.07. The highest BCUT2D eigenvalue weighted by Crippen LogP contribution is 2.47. The Morgan fingerprint density at radius 1 is 0.974 bits per heavy atom. The molecule has 0 radical (unpaired) electrons. The maximum atomic E-state index is 13.9. The van der Waals surface area contributed by atoms with Crippen LogP contribution in [-0.4, -0.2) is 22.8 Å². The van der Waals surface area contributed by atoms with Gasteiger partial charge in [0, 0.05) is 24.1 Å². The van der Waals surface area contributed by atoms with Gasteiger partial charge in [0.05, 0.1) is 35.5 Å². The van der Waals surface area contributed by atoms with Crippen molar-refractivity contribution >= 4 is 29.0 Å². The molecule has 2 aliphatic rings. The first-order valence-corrected chi connectivity index (χ1v) is 12.3. The first-order chi connectivity index (χ1) is 18.4. The van der Waals surface area contributed by atoms with Crippen LogP contribution >= 0.6 is 0 Å². The van der Waals surface area contributed by atoms with Crippen molar-refractivity contribution in [3.05, 3.63) is 107 Å². The van der Waals surface area contributed by atoms with Crippen LogP contribution in [0.1, 0.15) is 54.3 Å². The van der Waals surface area contributed by atoms with E-state index >= 15 is 0 Å². The molecule has 38 heavy (non-hydrogen) atoms. The summed E-state index contributed by atoms with van der Waals surface area (Å²) in [6.07, 6.45) is 0.0420. The van der Waals surface area contributed by atoms with Gasteiger partial charge < -0.3 is 10.4 Å². The van der Waals surface area contributed by atoms with Crippen molar-refractivity contribution in [1.82, 2.24) is 0 Å². The van der Waals surface area contributed by atoms with Crippen molar-refractivity contribution in [3.63, 3.8) is 0 Å². The number of allylic oxidation sites excluding steroid dienone is 1. The summed E-state index contributed by atoms with van der Waals surface area (Å²) >= 11 is 0. The van der Waals surface area contributed by atoms with Gasteiger partial charge in [-0.1, -0.05) is 36.4 Å². The maximum absolute atomic E-state index is 13.9. The number of hydrogen-bond acceptors (Lipinski definition) is 5. The number of nitrogens with zero attached hydrogens (tertiary/aromatic N) is 2. The minimum absolute atomic E-state index is 0.161. The Bertz CT molecular complexity index is 1490. The molecule has 2 N–H and O–H groups in total. The number of ketones is 1. The number of nitriles is 1. The van der Waals surface area contributed by atoms with E-state index in [0.717, 1.165) is 5.56 Å². The summed E-state index contributed by atoms with van der Waals surface area (Å²) in [5, 5.41) is 21.9. The third-order valence-corrected chi connectivity index (χ3v) is 7.01. The predicted octanol–water partition coefficient (Wildman–Crippen LogP) is 5.46. The number of carbonyl (C=O) groups is 3. The summed E-state index contributed by atoms with van der Waals surface area (Å²) in [6.45, 7) is 0. The second kappa shape index (κ2) is 10.3. The Balaban J connectivity index is 1.68. The van der Waals surface area contributed by atoms with Crippen LogP contribution in [0, 0.1) is 17.1 Å². The highest BCUT2D eigenvalue weighted by atomic mass is 19.1. The summed E-state index contributed by atoms with van der Waals surface area (Å²) in [7, 11) is 0. The molecule has 0 aromatic heterocycles. The van der Waals surface area contributed by atoms with E-state index < -0.39 is 17.9 Å². The molecule has 7 nitrogen and oxygen atoms in total. The van der Waals surface area contributed by atoms with Gasteiger partial charge in [0.25, 0.3) is 0 Å². The van der Waals surface area contributed by atoms with Gasteiger partial charge in [-0.2, -0.15) is 5.26 Å². The lowest BCUT2D eigenvalue weighted by Gasteiger charge is -2.35. The molecule has 0 unspecified atom stereocenters. The van der Waals surface area contributed by atoms with Gasteiger partial charge in [0.2, 0.25) is 5.91 Å². The van der Waals surface area contributed by atoms with Crippen LogP contribution in [0.3, 0.4) is 0 Å². The van der Waals surface area contributed by atoms with Crippen LogP contribution in [0.5, 0.6) is 0 Å².